The Balaban J connectivity index is 2.41. The van der Waals surface area contributed by atoms with Gasteiger partial charge in [0.1, 0.15) is 0 Å². The van der Waals surface area contributed by atoms with Crippen LogP contribution in [-0.4, -0.2) is 27.2 Å². The maximum atomic E-state index is 12.5. The van der Waals surface area contributed by atoms with Crippen molar-refractivity contribution in [2.45, 2.75) is 4.90 Å². The number of ether oxygens (including phenoxy) is 1. The third-order valence-electron chi connectivity index (χ3n) is 3.13. The first kappa shape index (κ1) is 17.4. The fourth-order valence-electron chi connectivity index (χ4n) is 1.99. The van der Waals surface area contributed by atoms with Crippen LogP contribution in [0.15, 0.2) is 69.5 Å². The van der Waals surface area contributed by atoms with Gasteiger partial charge in [-0.2, -0.15) is 0 Å². The summed E-state index contributed by atoms with van der Waals surface area (Å²) < 4.78 is 30.4. The van der Waals surface area contributed by atoms with Crippen molar-refractivity contribution in [1.82, 2.24) is 0 Å². The van der Waals surface area contributed by atoms with Gasteiger partial charge >= 0.3 is 5.97 Å². The molecule has 0 spiro atoms. The van der Waals surface area contributed by atoms with E-state index in [2.05, 4.69) is 15.9 Å². The maximum Gasteiger partial charge on any atom is 0.334 e. The number of rotatable bonds is 5. The van der Waals surface area contributed by atoms with Gasteiger partial charge in [0, 0.05) is 4.47 Å². The zero-order chi connectivity index (χ0) is 16.9. The molecule has 0 unspecified atom stereocenters. The summed E-state index contributed by atoms with van der Waals surface area (Å²) in [6, 6.07) is 15.2. The van der Waals surface area contributed by atoms with Crippen LogP contribution in [0.25, 0.3) is 6.08 Å². The number of sulfone groups is 1. The number of esters is 1. The van der Waals surface area contributed by atoms with Crippen molar-refractivity contribution in [1.29, 1.82) is 0 Å². The summed E-state index contributed by atoms with van der Waals surface area (Å²) in [4.78, 5) is 12.1. The topological polar surface area (TPSA) is 60.4 Å². The van der Waals surface area contributed by atoms with Crippen LogP contribution in [0.3, 0.4) is 0 Å². The Morgan fingerprint density at radius 1 is 1.09 bits per heavy atom. The maximum absolute atomic E-state index is 12.5. The van der Waals surface area contributed by atoms with Crippen molar-refractivity contribution in [2.24, 2.45) is 0 Å². The van der Waals surface area contributed by atoms with E-state index in [1.54, 1.807) is 30.3 Å². The molecule has 0 saturated heterocycles. The van der Waals surface area contributed by atoms with Crippen molar-refractivity contribution >= 4 is 37.8 Å². The Labute approximate surface area is 143 Å². The van der Waals surface area contributed by atoms with Crippen LogP contribution in [0.5, 0.6) is 0 Å². The van der Waals surface area contributed by atoms with Crippen LogP contribution >= 0.6 is 15.9 Å². The summed E-state index contributed by atoms with van der Waals surface area (Å²) in [6.45, 7) is 0. The zero-order valence-corrected chi connectivity index (χ0v) is 14.8. The van der Waals surface area contributed by atoms with Crippen LogP contribution < -0.4 is 0 Å². The molecule has 0 bridgehead atoms. The molecule has 23 heavy (non-hydrogen) atoms. The van der Waals surface area contributed by atoms with Crippen LogP contribution in [0, 0.1) is 0 Å². The van der Waals surface area contributed by atoms with Gasteiger partial charge in [0.2, 0.25) is 0 Å². The lowest BCUT2D eigenvalue weighted by Crippen LogP contribution is -2.16. The minimum Gasteiger partial charge on any atom is -0.466 e. The van der Waals surface area contributed by atoms with Gasteiger partial charge in [0.15, 0.2) is 9.84 Å². The summed E-state index contributed by atoms with van der Waals surface area (Å²) in [6.07, 6.45) is 1.52. The summed E-state index contributed by atoms with van der Waals surface area (Å²) in [5.41, 5.74) is 0.777. The lowest BCUT2D eigenvalue weighted by atomic mass is 10.1. The molecular weight excluding hydrogens is 380 g/mol. The second-order valence-electron chi connectivity index (χ2n) is 4.75. The molecule has 0 radical (unpaired) electrons. The zero-order valence-electron chi connectivity index (χ0n) is 12.4. The molecular formula is C17H15BrO4S. The smallest absolute Gasteiger partial charge is 0.334 e. The highest BCUT2D eigenvalue weighted by atomic mass is 79.9. The Morgan fingerprint density at radius 3 is 2.30 bits per heavy atom. The van der Waals surface area contributed by atoms with Gasteiger partial charge in [-0.05, 0) is 29.8 Å². The van der Waals surface area contributed by atoms with Gasteiger partial charge in [0.25, 0.3) is 0 Å². The van der Waals surface area contributed by atoms with E-state index in [0.29, 0.717) is 5.56 Å². The van der Waals surface area contributed by atoms with Gasteiger partial charge in [-0.15, -0.1) is 0 Å². The van der Waals surface area contributed by atoms with E-state index in [0.717, 1.165) is 4.47 Å². The summed E-state index contributed by atoms with van der Waals surface area (Å²) in [5.74, 6) is -1.09. The largest absolute Gasteiger partial charge is 0.466 e. The lowest BCUT2D eigenvalue weighted by molar-refractivity contribution is -0.135. The van der Waals surface area contributed by atoms with Crippen molar-refractivity contribution in [3.8, 4) is 0 Å². The Hall–Kier alpha value is -1.92. The molecule has 2 aromatic carbocycles. The molecule has 120 valence electrons. The third kappa shape index (κ3) is 4.53. The summed E-state index contributed by atoms with van der Waals surface area (Å²) in [7, 11) is -2.40. The standard InChI is InChI=1S/C17H15BrO4S/c1-22-17(19)14(11-13-7-5-6-10-16(13)18)12-23(20,21)15-8-3-2-4-9-15/h2-11H,12H2,1H3/b14-11+. The highest BCUT2D eigenvalue weighted by Crippen LogP contribution is 2.21. The number of carbonyl (C=O) groups excluding carboxylic acids is 1. The molecule has 0 aliphatic carbocycles. The monoisotopic (exact) mass is 394 g/mol. The number of benzene rings is 2. The molecule has 0 amide bonds. The van der Waals surface area contributed by atoms with E-state index in [9.17, 15) is 13.2 Å². The van der Waals surface area contributed by atoms with Gasteiger partial charge in [-0.3, -0.25) is 0 Å². The quantitative estimate of drug-likeness (QED) is 0.575. The van der Waals surface area contributed by atoms with E-state index in [1.165, 1.54) is 25.3 Å². The number of hydrogen-bond acceptors (Lipinski definition) is 4. The Kier molecular flexibility index (Phi) is 5.74. The Bertz CT molecular complexity index is 827. The van der Waals surface area contributed by atoms with E-state index < -0.39 is 21.6 Å². The van der Waals surface area contributed by atoms with Crippen LogP contribution in [0.2, 0.25) is 0 Å². The van der Waals surface area contributed by atoms with Crippen molar-refractivity contribution in [3.05, 3.63) is 70.2 Å². The molecule has 2 aromatic rings. The first-order chi connectivity index (χ1) is 10.9. The average molecular weight is 395 g/mol. The second-order valence-corrected chi connectivity index (χ2v) is 7.60. The molecule has 0 aromatic heterocycles. The van der Waals surface area contributed by atoms with E-state index >= 15 is 0 Å². The van der Waals surface area contributed by atoms with Crippen LogP contribution in [-0.2, 0) is 19.4 Å². The number of methoxy groups -OCH3 is 1. The van der Waals surface area contributed by atoms with Gasteiger partial charge in [0.05, 0.1) is 23.3 Å². The van der Waals surface area contributed by atoms with Crippen LogP contribution in [0.4, 0.5) is 0 Å². The van der Waals surface area contributed by atoms with E-state index in [-0.39, 0.29) is 10.5 Å². The first-order valence-corrected chi connectivity index (χ1v) is 9.20. The molecule has 6 heteroatoms. The highest BCUT2D eigenvalue weighted by Gasteiger charge is 2.21. The molecule has 0 heterocycles. The second kappa shape index (κ2) is 7.57. The lowest BCUT2D eigenvalue weighted by Gasteiger charge is -2.08. The van der Waals surface area contributed by atoms with Crippen LogP contribution in [0.1, 0.15) is 5.56 Å². The predicted octanol–water partition coefficient (Wildman–Crippen LogP) is 3.48. The van der Waals surface area contributed by atoms with E-state index in [4.69, 9.17) is 4.74 Å². The van der Waals surface area contributed by atoms with Gasteiger partial charge in [-0.1, -0.05) is 52.3 Å². The molecule has 0 fully saturated rings. The summed E-state index contributed by atoms with van der Waals surface area (Å²) in [5, 5.41) is 0. The molecule has 4 nitrogen and oxygen atoms in total. The minimum absolute atomic E-state index is 0.0725. The first-order valence-electron chi connectivity index (χ1n) is 6.75. The Morgan fingerprint density at radius 2 is 1.70 bits per heavy atom. The SMILES string of the molecule is COC(=O)/C(=C/c1ccccc1Br)CS(=O)(=O)c1ccccc1. The van der Waals surface area contributed by atoms with E-state index in [1.807, 2.05) is 12.1 Å². The van der Waals surface area contributed by atoms with Gasteiger partial charge < -0.3 is 4.74 Å². The normalized spacial score (nSPS) is 12.0. The number of carbonyl (C=O) groups is 1. The highest BCUT2D eigenvalue weighted by molar-refractivity contribution is 9.10. The molecule has 0 atom stereocenters. The number of hydrogen-bond donors (Lipinski definition) is 0. The summed E-state index contributed by atoms with van der Waals surface area (Å²) >= 11 is 3.37. The van der Waals surface area contributed by atoms with Crippen molar-refractivity contribution in [3.63, 3.8) is 0 Å². The van der Waals surface area contributed by atoms with Gasteiger partial charge in [-0.25, -0.2) is 13.2 Å². The molecule has 2 rings (SSSR count). The van der Waals surface area contributed by atoms with Crippen molar-refractivity contribution < 1.29 is 17.9 Å². The molecule has 0 aliphatic rings. The molecule has 0 aliphatic heterocycles. The molecule has 0 N–H and O–H groups in total. The molecule has 0 saturated carbocycles. The van der Waals surface area contributed by atoms with Crippen molar-refractivity contribution in [2.75, 3.05) is 12.9 Å². The fourth-order valence-corrected chi connectivity index (χ4v) is 3.73. The third-order valence-corrected chi connectivity index (χ3v) is 5.53. The minimum atomic E-state index is -3.63. The predicted molar refractivity (Wildman–Crippen MR) is 92.6 cm³/mol. The fraction of sp³-hybridized carbons (Fsp3) is 0.118. The average Bonchev–Trinajstić information content (AvgIpc) is 2.56. The number of halogens is 1.